The minimum Gasteiger partial charge on any atom is -0.456 e. The van der Waals surface area contributed by atoms with Gasteiger partial charge in [0.25, 0.3) is 0 Å². The molecule has 212 valence electrons. The number of esters is 1. The first kappa shape index (κ1) is 33.6. The maximum atomic E-state index is 12.7. The number of ether oxygens (including phenoxy) is 2. The highest BCUT2D eigenvalue weighted by Gasteiger charge is 2.50. The van der Waals surface area contributed by atoms with Gasteiger partial charge in [0.1, 0.15) is 30.5 Å². The van der Waals surface area contributed by atoms with Crippen molar-refractivity contribution < 1.29 is 34.7 Å². The number of epoxide rings is 1. The van der Waals surface area contributed by atoms with Gasteiger partial charge in [-0.3, -0.25) is 0 Å². The number of terminal acetylenes is 1. The number of carbonyl (C=O) groups excluding carboxylic acids is 1. The SMILES string of the molecule is C#CC[C@@H](C)[C@H](OC(=O)/C=C(C)/C=C/CC(=C)[C@@H](O)[C@H](O)C(=C)[C@@H](O)[C@H](O)CC=C)[C@@H]1O[C@H]1[C@@H](C)CCC. The molecule has 1 fully saturated rings. The summed E-state index contributed by atoms with van der Waals surface area (Å²) in [6, 6.07) is 0. The molecular weight excluding hydrogens is 484 g/mol. The fourth-order valence-corrected chi connectivity index (χ4v) is 4.35. The Morgan fingerprint density at radius 1 is 1.13 bits per heavy atom. The van der Waals surface area contributed by atoms with Crippen LogP contribution in [0, 0.1) is 24.2 Å². The molecule has 0 aliphatic carbocycles. The Hall–Kier alpha value is -2.47. The molecule has 1 aliphatic heterocycles. The van der Waals surface area contributed by atoms with Gasteiger partial charge in [-0.25, -0.2) is 4.79 Å². The van der Waals surface area contributed by atoms with Gasteiger partial charge in [0.2, 0.25) is 0 Å². The van der Waals surface area contributed by atoms with E-state index in [0.29, 0.717) is 17.9 Å². The summed E-state index contributed by atoms with van der Waals surface area (Å²) in [5.74, 6) is 2.48. The molecule has 9 atom stereocenters. The molecule has 0 spiro atoms. The van der Waals surface area contributed by atoms with Crippen molar-refractivity contribution in [1.82, 2.24) is 0 Å². The fourth-order valence-electron chi connectivity index (χ4n) is 4.35. The van der Waals surface area contributed by atoms with Crippen LogP contribution >= 0.6 is 0 Å². The number of carbonyl (C=O) groups is 1. The zero-order chi connectivity index (χ0) is 29.0. The van der Waals surface area contributed by atoms with E-state index in [4.69, 9.17) is 15.9 Å². The summed E-state index contributed by atoms with van der Waals surface area (Å²) >= 11 is 0. The van der Waals surface area contributed by atoms with Gasteiger partial charge in [0.15, 0.2) is 0 Å². The third-order valence-electron chi connectivity index (χ3n) is 6.80. The van der Waals surface area contributed by atoms with Gasteiger partial charge < -0.3 is 29.9 Å². The summed E-state index contributed by atoms with van der Waals surface area (Å²) in [5.41, 5.74) is 0.786. The molecule has 0 aromatic carbocycles. The maximum absolute atomic E-state index is 12.7. The van der Waals surface area contributed by atoms with E-state index in [1.807, 2.05) is 6.92 Å². The molecule has 1 aliphatic rings. The summed E-state index contributed by atoms with van der Waals surface area (Å²) in [6.45, 7) is 18.8. The lowest BCUT2D eigenvalue weighted by Crippen LogP contribution is -2.38. The Bertz CT molecular complexity index is 912. The number of aliphatic hydroxyl groups is 4. The largest absolute Gasteiger partial charge is 0.456 e. The van der Waals surface area contributed by atoms with E-state index in [1.54, 1.807) is 19.1 Å². The van der Waals surface area contributed by atoms with Crippen LogP contribution in [0.3, 0.4) is 0 Å². The van der Waals surface area contributed by atoms with Crippen LogP contribution in [-0.2, 0) is 14.3 Å². The molecule has 1 heterocycles. The molecule has 4 N–H and O–H groups in total. The highest BCUT2D eigenvalue weighted by molar-refractivity contribution is 5.83. The van der Waals surface area contributed by atoms with E-state index in [1.165, 1.54) is 12.2 Å². The lowest BCUT2D eigenvalue weighted by Gasteiger charge is -2.26. The third kappa shape index (κ3) is 10.4. The van der Waals surface area contributed by atoms with Crippen molar-refractivity contribution in [3.63, 3.8) is 0 Å². The molecule has 0 aromatic heterocycles. The number of hydrogen-bond donors (Lipinski definition) is 4. The third-order valence-corrected chi connectivity index (χ3v) is 6.80. The van der Waals surface area contributed by atoms with Crippen LogP contribution in [0.25, 0.3) is 0 Å². The van der Waals surface area contributed by atoms with Crippen LogP contribution in [0.2, 0.25) is 0 Å². The second-order valence-electron chi connectivity index (χ2n) is 10.3. The summed E-state index contributed by atoms with van der Waals surface area (Å²) in [4.78, 5) is 12.7. The first-order chi connectivity index (χ1) is 17.9. The lowest BCUT2D eigenvalue weighted by atomic mass is 9.92. The lowest BCUT2D eigenvalue weighted by molar-refractivity contribution is -0.146. The van der Waals surface area contributed by atoms with Crippen molar-refractivity contribution in [3.8, 4) is 12.3 Å². The van der Waals surface area contributed by atoms with Crippen LogP contribution in [0.15, 0.2) is 60.8 Å². The van der Waals surface area contributed by atoms with Crippen molar-refractivity contribution in [2.75, 3.05) is 0 Å². The Balaban J connectivity index is 2.71. The molecule has 0 bridgehead atoms. The second-order valence-corrected chi connectivity index (χ2v) is 10.3. The molecule has 7 heteroatoms. The average Bonchev–Trinajstić information content (AvgIpc) is 3.66. The summed E-state index contributed by atoms with van der Waals surface area (Å²) in [6.07, 6.45) is 8.53. The Morgan fingerprint density at radius 3 is 2.37 bits per heavy atom. The predicted octanol–water partition coefficient (Wildman–Crippen LogP) is 3.79. The van der Waals surface area contributed by atoms with E-state index >= 15 is 0 Å². The van der Waals surface area contributed by atoms with Gasteiger partial charge >= 0.3 is 5.97 Å². The minimum atomic E-state index is -1.51. The smallest absolute Gasteiger partial charge is 0.331 e. The van der Waals surface area contributed by atoms with E-state index < -0.39 is 36.5 Å². The minimum absolute atomic E-state index is 0.0422. The monoisotopic (exact) mass is 530 g/mol. The maximum Gasteiger partial charge on any atom is 0.331 e. The van der Waals surface area contributed by atoms with Gasteiger partial charge in [0.05, 0.1) is 12.2 Å². The molecule has 0 amide bonds. The highest BCUT2D eigenvalue weighted by Crippen LogP contribution is 2.38. The van der Waals surface area contributed by atoms with Crippen LogP contribution in [0.1, 0.15) is 59.8 Å². The Morgan fingerprint density at radius 2 is 1.79 bits per heavy atom. The van der Waals surface area contributed by atoms with E-state index in [-0.39, 0.29) is 42.1 Å². The second kappa shape index (κ2) is 16.5. The normalized spacial score (nSPS) is 22.9. The molecule has 1 rings (SSSR count). The van der Waals surface area contributed by atoms with Crippen molar-refractivity contribution in [1.29, 1.82) is 0 Å². The molecule has 0 aromatic rings. The van der Waals surface area contributed by atoms with Gasteiger partial charge in [-0.1, -0.05) is 58.6 Å². The number of rotatable bonds is 18. The molecule has 7 nitrogen and oxygen atoms in total. The highest BCUT2D eigenvalue weighted by atomic mass is 16.6. The number of allylic oxidation sites excluding steroid dienone is 3. The van der Waals surface area contributed by atoms with E-state index in [9.17, 15) is 25.2 Å². The average molecular weight is 531 g/mol. The Labute approximate surface area is 228 Å². The Kier molecular flexibility index (Phi) is 14.6. The summed E-state index contributed by atoms with van der Waals surface area (Å²) in [7, 11) is 0. The van der Waals surface area contributed by atoms with Gasteiger partial charge in [-0.05, 0) is 48.8 Å². The van der Waals surface area contributed by atoms with E-state index in [0.717, 1.165) is 12.8 Å². The zero-order valence-electron chi connectivity index (χ0n) is 23.3. The summed E-state index contributed by atoms with van der Waals surface area (Å²) in [5, 5.41) is 40.7. The molecule has 0 saturated carbocycles. The standard InChI is InChI=1S/C31H46O7/c1-9-13-21(6)29(31-30(38-31)22(7)14-10-2)37-25(33)18-19(4)16-12-17-20(5)26(34)28(36)23(8)27(35)24(32)15-11-3/h1,11-12,16,18,21-22,24,26-32,34-36H,3,5,8,10,13-15,17H2,2,4,6-7H3/b16-12+,19-18+/t21-,22+,24-,26-,27-,28-,29+,30+,31+/m1/s1. The van der Waals surface area contributed by atoms with Crippen molar-refractivity contribution in [2.45, 2.75) is 103 Å². The fraction of sp³-hybridized carbons (Fsp3) is 0.581. The van der Waals surface area contributed by atoms with Gasteiger partial charge in [0, 0.05) is 18.4 Å². The van der Waals surface area contributed by atoms with Crippen LogP contribution in [0.4, 0.5) is 0 Å². The quantitative estimate of drug-likeness (QED) is 0.0532. The topological polar surface area (TPSA) is 120 Å². The molecule has 1 saturated heterocycles. The molecule has 0 radical (unpaired) electrons. The van der Waals surface area contributed by atoms with Crippen molar-refractivity contribution in [3.05, 3.63) is 60.8 Å². The van der Waals surface area contributed by atoms with Crippen LogP contribution < -0.4 is 0 Å². The molecular formula is C31H46O7. The summed E-state index contributed by atoms with van der Waals surface area (Å²) < 4.78 is 11.7. The van der Waals surface area contributed by atoms with E-state index in [2.05, 4.69) is 39.5 Å². The van der Waals surface area contributed by atoms with Gasteiger partial charge in [-0.2, -0.15) is 0 Å². The van der Waals surface area contributed by atoms with Crippen molar-refractivity contribution >= 4 is 5.97 Å². The van der Waals surface area contributed by atoms with Crippen LogP contribution in [-0.4, -0.2) is 69.1 Å². The van der Waals surface area contributed by atoms with Crippen LogP contribution in [0.5, 0.6) is 0 Å². The first-order valence-corrected chi connectivity index (χ1v) is 13.2. The molecule has 0 unspecified atom stereocenters. The number of aliphatic hydroxyl groups excluding tert-OH is 4. The first-order valence-electron chi connectivity index (χ1n) is 13.2. The number of hydrogen-bond acceptors (Lipinski definition) is 7. The zero-order valence-corrected chi connectivity index (χ0v) is 23.3. The van der Waals surface area contributed by atoms with Crippen molar-refractivity contribution in [2.24, 2.45) is 11.8 Å². The predicted molar refractivity (Wildman–Crippen MR) is 150 cm³/mol. The van der Waals surface area contributed by atoms with Gasteiger partial charge in [-0.15, -0.1) is 18.9 Å². The molecule has 38 heavy (non-hydrogen) atoms.